The van der Waals surface area contributed by atoms with Gasteiger partial charge in [-0.2, -0.15) is 0 Å². The number of nitrogens with one attached hydrogen (secondary N) is 1. The summed E-state index contributed by atoms with van der Waals surface area (Å²) in [5, 5.41) is 44.2. The Morgan fingerprint density at radius 2 is 1.65 bits per heavy atom. The molecule has 0 aromatic heterocycles. The molecule has 7 nitrogen and oxygen atoms in total. The molecule has 0 bridgehead atoms. The fourth-order valence-corrected chi connectivity index (χ4v) is 3.37. The normalized spacial score (nSPS) is 39.3. The van der Waals surface area contributed by atoms with Crippen molar-refractivity contribution in [3.8, 4) is 0 Å². The number of carbonyl (C=O) groups excluding carboxylic acids is 2. The first-order valence-corrected chi connectivity index (χ1v) is 7.50. The molecule has 2 fully saturated rings. The number of Topliss-reactive ketones (excluding diaryl/α,β-unsaturated/α-hetero) is 1. The van der Waals surface area contributed by atoms with Gasteiger partial charge in [-0.05, 0) is 20.8 Å². The zero-order chi connectivity index (χ0) is 18.2. The lowest BCUT2D eigenvalue weighted by Crippen LogP contribution is -2.60. The van der Waals surface area contributed by atoms with Gasteiger partial charge in [0.1, 0.15) is 11.7 Å². The van der Waals surface area contributed by atoms with E-state index >= 15 is 0 Å². The molecule has 2 saturated carbocycles. The Kier molecular flexibility index (Phi) is 3.64. The predicted octanol–water partition coefficient (Wildman–Crippen LogP) is -1.12. The number of aliphatic hydroxyl groups is 4. The quantitative estimate of drug-likeness (QED) is 0.407. The van der Waals surface area contributed by atoms with E-state index in [1.54, 1.807) is 13.8 Å². The van der Waals surface area contributed by atoms with E-state index in [9.17, 15) is 30.0 Å². The Bertz CT molecular complexity index is 597. The van der Waals surface area contributed by atoms with Gasteiger partial charge in [-0.1, -0.05) is 20.4 Å². The first kappa shape index (κ1) is 18.1. The molecule has 1 unspecified atom stereocenters. The van der Waals surface area contributed by atoms with E-state index in [0.29, 0.717) is 0 Å². The second-order valence-electron chi connectivity index (χ2n) is 7.85. The minimum Gasteiger partial charge on any atom is -0.389 e. The molecule has 0 aromatic rings. The van der Waals surface area contributed by atoms with Crippen molar-refractivity contribution in [3.05, 3.63) is 12.2 Å². The lowest BCUT2D eigenvalue weighted by Gasteiger charge is -2.33. The molecule has 2 rings (SSSR count). The van der Waals surface area contributed by atoms with E-state index in [0.717, 1.165) is 0 Å². The lowest BCUT2D eigenvalue weighted by molar-refractivity contribution is -0.130. The number of hydrogen-bond donors (Lipinski definition) is 5. The summed E-state index contributed by atoms with van der Waals surface area (Å²) in [6.45, 7) is 11.0. The van der Waals surface area contributed by atoms with Gasteiger partial charge in [0, 0.05) is 11.0 Å². The van der Waals surface area contributed by atoms with Crippen molar-refractivity contribution < 1.29 is 30.0 Å². The minimum absolute atomic E-state index is 0.124. The molecule has 0 spiro atoms. The Balaban J connectivity index is 2.39. The highest BCUT2D eigenvalue weighted by Gasteiger charge is 2.82. The van der Waals surface area contributed by atoms with Crippen LogP contribution in [0.4, 0.5) is 0 Å². The fourth-order valence-electron chi connectivity index (χ4n) is 3.37. The van der Waals surface area contributed by atoms with Crippen LogP contribution in [-0.2, 0) is 9.59 Å². The van der Waals surface area contributed by atoms with Crippen molar-refractivity contribution in [3.63, 3.8) is 0 Å². The average molecular weight is 327 g/mol. The van der Waals surface area contributed by atoms with Gasteiger partial charge in [-0.15, -0.1) is 0 Å². The molecular formula is C16H25NO6. The SMILES string of the molecule is C=C(C)C(=O)N[C@@H]([C@H](O)[C@]1(O)C(O)C1(C)C)[C@@]1(O)C(=O)C1(C)C. The van der Waals surface area contributed by atoms with Crippen molar-refractivity contribution >= 4 is 11.7 Å². The Morgan fingerprint density at radius 1 is 1.26 bits per heavy atom. The minimum atomic E-state index is -2.02. The Morgan fingerprint density at radius 3 is 1.91 bits per heavy atom. The van der Waals surface area contributed by atoms with Crippen molar-refractivity contribution in [1.29, 1.82) is 0 Å². The van der Waals surface area contributed by atoms with E-state index < -0.39 is 52.0 Å². The summed E-state index contributed by atoms with van der Waals surface area (Å²) in [6.07, 6.45) is -2.97. The highest BCUT2D eigenvalue weighted by atomic mass is 16.4. The van der Waals surface area contributed by atoms with Crippen LogP contribution in [0.5, 0.6) is 0 Å². The van der Waals surface area contributed by atoms with E-state index in [4.69, 9.17) is 0 Å². The zero-order valence-electron chi connectivity index (χ0n) is 14.0. The Hall–Kier alpha value is -1.28. The molecule has 7 heteroatoms. The smallest absolute Gasteiger partial charge is 0.246 e. The van der Waals surface area contributed by atoms with Crippen LogP contribution in [0.1, 0.15) is 34.6 Å². The lowest BCUT2D eigenvalue weighted by atomic mass is 9.88. The molecule has 5 N–H and O–H groups in total. The number of rotatable bonds is 5. The van der Waals surface area contributed by atoms with Crippen LogP contribution in [0.15, 0.2) is 12.2 Å². The summed E-state index contributed by atoms with van der Waals surface area (Å²) in [6, 6.07) is -1.46. The van der Waals surface area contributed by atoms with Gasteiger partial charge in [-0.3, -0.25) is 9.59 Å². The van der Waals surface area contributed by atoms with Crippen molar-refractivity contribution in [2.75, 3.05) is 0 Å². The first-order valence-electron chi connectivity index (χ1n) is 7.50. The summed E-state index contributed by atoms with van der Waals surface area (Å²) in [7, 11) is 0. The molecule has 1 amide bonds. The van der Waals surface area contributed by atoms with Gasteiger partial charge >= 0.3 is 0 Å². The third-order valence-corrected chi connectivity index (χ3v) is 5.74. The third kappa shape index (κ3) is 1.97. The molecule has 0 heterocycles. The molecule has 23 heavy (non-hydrogen) atoms. The maximum absolute atomic E-state index is 12.1. The highest BCUT2D eigenvalue weighted by molar-refractivity contribution is 6.12. The van der Waals surface area contributed by atoms with Crippen molar-refractivity contribution in [2.24, 2.45) is 10.8 Å². The van der Waals surface area contributed by atoms with E-state index in [1.807, 2.05) is 0 Å². The summed E-state index contributed by atoms with van der Waals surface area (Å²) < 4.78 is 0. The zero-order valence-corrected chi connectivity index (χ0v) is 14.0. The van der Waals surface area contributed by atoms with Gasteiger partial charge < -0.3 is 25.7 Å². The fraction of sp³-hybridized carbons (Fsp3) is 0.750. The van der Waals surface area contributed by atoms with Crippen LogP contribution in [-0.4, -0.2) is 61.6 Å². The molecule has 0 saturated heterocycles. The summed E-state index contributed by atoms with van der Waals surface area (Å²) in [4.78, 5) is 24.0. The monoisotopic (exact) mass is 327 g/mol. The molecule has 2 aliphatic rings. The van der Waals surface area contributed by atoms with E-state index in [1.165, 1.54) is 20.8 Å². The molecule has 5 atom stereocenters. The Labute approximate surface area is 135 Å². The number of ketones is 1. The second kappa shape index (κ2) is 4.63. The van der Waals surface area contributed by atoms with Crippen LogP contribution < -0.4 is 5.32 Å². The van der Waals surface area contributed by atoms with Gasteiger partial charge in [0.2, 0.25) is 5.91 Å². The van der Waals surface area contributed by atoms with Gasteiger partial charge in [-0.25, -0.2) is 0 Å². The predicted molar refractivity (Wildman–Crippen MR) is 81.2 cm³/mol. The van der Waals surface area contributed by atoms with Crippen LogP contribution in [0.3, 0.4) is 0 Å². The van der Waals surface area contributed by atoms with E-state index in [-0.39, 0.29) is 5.57 Å². The second-order valence-corrected chi connectivity index (χ2v) is 7.85. The maximum Gasteiger partial charge on any atom is 0.246 e. The third-order valence-electron chi connectivity index (χ3n) is 5.74. The molecule has 0 radical (unpaired) electrons. The molecule has 0 aliphatic heterocycles. The first-order chi connectivity index (χ1) is 10.2. The average Bonchev–Trinajstić information content (AvgIpc) is 3.04. The van der Waals surface area contributed by atoms with Gasteiger partial charge in [0.15, 0.2) is 11.4 Å². The molecular weight excluding hydrogens is 302 g/mol. The van der Waals surface area contributed by atoms with Crippen molar-refractivity contribution in [2.45, 2.75) is 64.1 Å². The van der Waals surface area contributed by atoms with Gasteiger partial charge in [0.25, 0.3) is 0 Å². The standard InChI is InChI=1S/C16H25NO6/c1-7(2)10(19)17-8(15(22)11(20)13(15,3)4)9(18)16(23)12(21)14(16,5)6/h8-9,12,18,21-23H,1H2,2-6H3,(H,17,19)/t8-,9-,12?,15+,16-/m0/s1. The van der Waals surface area contributed by atoms with Gasteiger partial charge in [0.05, 0.1) is 17.6 Å². The van der Waals surface area contributed by atoms with Crippen molar-refractivity contribution in [1.82, 2.24) is 5.32 Å². The number of hydrogen-bond acceptors (Lipinski definition) is 6. The highest BCUT2D eigenvalue weighted by Crippen LogP contribution is 2.61. The van der Waals surface area contributed by atoms with Crippen LogP contribution >= 0.6 is 0 Å². The summed E-state index contributed by atoms with van der Waals surface area (Å²) in [5.41, 5.74) is -6.04. The molecule has 2 aliphatic carbocycles. The van der Waals surface area contributed by atoms with Crippen LogP contribution in [0.25, 0.3) is 0 Å². The number of carbonyl (C=O) groups is 2. The number of amides is 1. The van der Waals surface area contributed by atoms with Crippen LogP contribution in [0.2, 0.25) is 0 Å². The number of aliphatic hydroxyl groups excluding tert-OH is 2. The topological polar surface area (TPSA) is 127 Å². The molecule has 0 aromatic carbocycles. The summed E-state index contributed by atoms with van der Waals surface area (Å²) in [5.74, 6) is -1.21. The van der Waals surface area contributed by atoms with E-state index in [2.05, 4.69) is 11.9 Å². The maximum atomic E-state index is 12.1. The largest absolute Gasteiger partial charge is 0.389 e. The summed E-state index contributed by atoms with van der Waals surface area (Å²) >= 11 is 0. The van der Waals surface area contributed by atoms with Crippen LogP contribution in [0, 0.1) is 10.8 Å². The molecule has 130 valence electrons.